The lowest BCUT2D eigenvalue weighted by molar-refractivity contribution is 0.282. The van der Waals surface area contributed by atoms with E-state index in [-0.39, 0.29) is 5.82 Å². The highest BCUT2D eigenvalue weighted by atomic mass is 19.1. The summed E-state index contributed by atoms with van der Waals surface area (Å²) in [6, 6.07) is 7.48. The summed E-state index contributed by atoms with van der Waals surface area (Å²) in [6.45, 7) is 7.43. The van der Waals surface area contributed by atoms with Crippen molar-refractivity contribution in [3.05, 3.63) is 30.1 Å². The first-order valence-electron chi connectivity index (χ1n) is 7.94. The maximum absolute atomic E-state index is 13.0. The van der Waals surface area contributed by atoms with Crippen molar-refractivity contribution in [1.82, 2.24) is 5.32 Å². The predicted octanol–water partition coefficient (Wildman–Crippen LogP) is 3.82. The van der Waals surface area contributed by atoms with Crippen LogP contribution in [0, 0.1) is 11.7 Å². The van der Waals surface area contributed by atoms with Gasteiger partial charge in [0.2, 0.25) is 0 Å². The standard InChI is InChI=1S/C17H27FN2/c1-3-20(16-10-8-15(18)9-11-16)13-12-19-17-7-5-4-6-14(17)2/h8-11,14,17,19H,3-7,12-13H2,1-2H3. The SMILES string of the molecule is CCN(CCNC1CCCCC1C)c1ccc(F)cc1. The van der Waals surface area contributed by atoms with Crippen molar-refractivity contribution in [2.24, 2.45) is 5.92 Å². The van der Waals surface area contributed by atoms with Crippen LogP contribution in [0.1, 0.15) is 39.5 Å². The van der Waals surface area contributed by atoms with E-state index in [2.05, 4.69) is 24.1 Å². The molecule has 0 saturated heterocycles. The van der Waals surface area contributed by atoms with Crippen LogP contribution >= 0.6 is 0 Å². The van der Waals surface area contributed by atoms with Crippen molar-refractivity contribution < 1.29 is 4.39 Å². The first-order chi connectivity index (χ1) is 9.70. The van der Waals surface area contributed by atoms with Gasteiger partial charge in [-0.3, -0.25) is 0 Å². The molecule has 112 valence electrons. The summed E-state index contributed by atoms with van der Waals surface area (Å²) in [5.74, 6) is 0.628. The minimum absolute atomic E-state index is 0.168. The molecule has 0 aromatic heterocycles. The summed E-state index contributed by atoms with van der Waals surface area (Å²) in [7, 11) is 0. The molecule has 0 aliphatic heterocycles. The summed E-state index contributed by atoms with van der Waals surface area (Å²) in [5, 5.41) is 3.70. The maximum atomic E-state index is 13.0. The van der Waals surface area contributed by atoms with Gasteiger partial charge in [0.05, 0.1) is 0 Å². The normalized spacial score (nSPS) is 22.8. The third-order valence-electron chi connectivity index (χ3n) is 4.47. The van der Waals surface area contributed by atoms with Crippen LogP contribution in [0.4, 0.5) is 10.1 Å². The molecule has 0 radical (unpaired) electrons. The Kier molecular flexibility index (Phi) is 5.84. The fraction of sp³-hybridized carbons (Fsp3) is 0.647. The van der Waals surface area contributed by atoms with Gasteiger partial charge in [0.25, 0.3) is 0 Å². The molecule has 1 aromatic carbocycles. The molecule has 3 heteroatoms. The van der Waals surface area contributed by atoms with Gasteiger partial charge in [0.1, 0.15) is 5.82 Å². The first kappa shape index (κ1) is 15.3. The Labute approximate surface area is 122 Å². The third-order valence-corrected chi connectivity index (χ3v) is 4.47. The number of hydrogen-bond donors (Lipinski definition) is 1. The first-order valence-corrected chi connectivity index (χ1v) is 7.94. The highest BCUT2D eigenvalue weighted by Crippen LogP contribution is 2.23. The monoisotopic (exact) mass is 278 g/mol. The molecular weight excluding hydrogens is 251 g/mol. The summed E-state index contributed by atoms with van der Waals surface area (Å²) in [5.41, 5.74) is 1.10. The Morgan fingerprint density at radius 2 is 1.90 bits per heavy atom. The van der Waals surface area contributed by atoms with Gasteiger partial charge in [0.15, 0.2) is 0 Å². The molecule has 2 atom stereocenters. The van der Waals surface area contributed by atoms with Crippen molar-refractivity contribution in [2.75, 3.05) is 24.5 Å². The second kappa shape index (κ2) is 7.63. The van der Waals surface area contributed by atoms with E-state index in [0.29, 0.717) is 6.04 Å². The average Bonchev–Trinajstić information content (AvgIpc) is 2.47. The second-order valence-corrected chi connectivity index (χ2v) is 5.88. The van der Waals surface area contributed by atoms with Gasteiger partial charge in [-0.05, 0) is 49.9 Å². The number of halogens is 1. The smallest absolute Gasteiger partial charge is 0.123 e. The molecule has 2 unspecified atom stereocenters. The van der Waals surface area contributed by atoms with Gasteiger partial charge in [0, 0.05) is 31.4 Å². The van der Waals surface area contributed by atoms with Gasteiger partial charge >= 0.3 is 0 Å². The quantitative estimate of drug-likeness (QED) is 0.851. The fourth-order valence-electron chi connectivity index (χ4n) is 3.13. The molecule has 1 aliphatic carbocycles. The van der Waals surface area contributed by atoms with Gasteiger partial charge in [-0.1, -0.05) is 19.8 Å². The molecule has 1 fully saturated rings. The number of nitrogens with zero attached hydrogens (tertiary/aromatic N) is 1. The molecule has 1 N–H and O–H groups in total. The number of anilines is 1. The summed E-state index contributed by atoms with van der Waals surface area (Å²) in [4.78, 5) is 2.29. The molecule has 20 heavy (non-hydrogen) atoms. The van der Waals surface area contributed by atoms with E-state index >= 15 is 0 Å². The van der Waals surface area contributed by atoms with Gasteiger partial charge in [-0.25, -0.2) is 4.39 Å². The van der Waals surface area contributed by atoms with E-state index in [1.54, 1.807) is 0 Å². The number of hydrogen-bond acceptors (Lipinski definition) is 2. The van der Waals surface area contributed by atoms with E-state index in [9.17, 15) is 4.39 Å². The number of likely N-dealkylation sites (N-methyl/N-ethyl adjacent to an activating group) is 1. The second-order valence-electron chi connectivity index (χ2n) is 5.88. The van der Waals surface area contributed by atoms with Crippen LogP contribution < -0.4 is 10.2 Å². The molecule has 2 nitrogen and oxygen atoms in total. The van der Waals surface area contributed by atoms with Crippen molar-refractivity contribution in [3.63, 3.8) is 0 Å². The maximum Gasteiger partial charge on any atom is 0.123 e. The van der Waals surface area contributed by atoms with Crippen LogP contribution in [0.3, 0.4) is 0 Å². The Balaban J connectivity index is 1.80. The van der Waals surface area contributed by atoms with Crippen molar-refractivity contribution >= 4 is 5.69 Å². The van der Waals surface area contributed by atoms with Crippen molar-refractivity contribution in [3.8, 4) is 0 Å². The number of nitrogens with one attached hydrogen (secondary N) is 1. The topological polar surface area (TPSA) is 15.3 Å². The van der Waals surface area contributed by atoms with E-state index in [4.69, 9.17) is 0 Å². The molecule has 1 saturated carbocycles. The van der Waals surface area contributed by atoms with Crippen LogP contribution in [0.25, 0.3) is 0 Å². The molecule has 0 heterocycles. The zero-order valence-electron chi connectivity index (χ0n) is 12.7. The van der Waals surface area contributed by atoms with Crippen molar-refractivity contribution in [2.45, 2.75) is 45.6 Å². The van der Waals surface area contributed by atoms with E-state index in [1.165, 1.54) is 37.8 Å². The molecule has 0 bridgehead atoms. The highest BCUT2D eigenvalue weighted by molar-refractivity contribution is 5.46. The predicted molar refractivity (Wildman–Crippen MR) is 83.7 cm³/mol. The van der Waals surface area contributed by atoms with Gasteiger partial charge in [-0.2, -0.15) is 0 Å². The number of benzene rings is 1. The molecule has 0 amide bonds. The summed E-state index contributed by atoms with van der Waals surface area (Å²) < 4.78 is 13.0. The average molecular weight is 278 g/mol. The molecule has 1 aliphatic rings. The van der Waals surface area contributed by atoms with Crippen LogP contribution in [-0.4, -0.2) is 25.7 Å². The van der Waals surface area contributed by atoms with E-state index in [1.807, 2.05) is 12.1 Å². The summed E-state index contributed by atoms with van der Waals surface area (Å²) in [6.07, 6.45) is 5.41. The largest absolute Gasteiger partial charge is 0.371 e. The Hall–Kier alpha value is -1.09. The van der Waals surface area contributed by atoms with Crippen LogP contribution in [0.15, 0.2) is 24.3 Å². The number of rotatable bonds is 6. The minimum Gasteiger partial charge on any atom is -0.371 e. The van der Waals surface area contributed by atoms with Crippen molar-refractivity contribution in [1.29, 1.82) is 0 Å². The molecule has 1 aromatic rings. The van der Waals surface area contributed by atoms with Crippen LogP contribution in [0.2, 0.25) is 0 Å². The van der Waals surface area contributed by atoms with E-state index < -0.39 is 0 Å². The van der Waals surface area contributed by atoms with Gasteiger partial charge in [-0.15, -0.1) is 0 Å². The Morgan fingerprint density at radius 1 is 1.20 bits per heavy atom. The summed E-state index contributed by atoms with van der Waals surface area (Å²) >= 11 is 0. The fourth-order valence-corrected chi connectivity index (χ4v) is 3.13. The Bertz CT molecular complexity index is 390. The van der Waals surface area contributed by atoms with Gasteiger partial charge < -0.3 is 10.2 Å². The zero-order chi connectivity index (χ0) is 14.4. The van der Waals surface area contributed by atoms with Crippen LogP contribution in [-0.2, 0) is 0 Å². The lowest BCUT2D eigenvalue weighted by atomic mass is 9.86. The lowest BCUT2D eigenvalue weighted by Gasteiger charge is -2.31. The van der Waals surface area contributed by atoms with E-state index in [0.717, 1.165) is 31.2 Å². The van der Waals surface area contributed by atoms with Crippen LogP contribution in [0.5, 0.6) is 0 Å². The lowest BCUT2D eigenvalue weighted by Crippen LogP contribution is -2.41. The Morgan fingerprint density at radius 3 is 2.55 bits per heavy atom. The highest BCUT2D eigenvalue weighted by Gasteiger charge is 2.20. The third kappa shape index (κ3) is 4.20. The molecule has 2 rings (SSSR count). The zero-order valence-corrected chi connectivity index (χ0v) is 12.7. The molecular formula is C17H27FN2. The molecule has 0 spiro atoms. The minimum atomic E-state index is -0.168.